The van der Waals surface area contributed by atoms with Crippen molar-refractivity contribution < 1.29 is 4.79 Å². The van der Waals surface area contributed by atoms with Gasteiger partial charge in [-0.25, -0.2) is 0 Å². The first kappa shape index (κ1) is 18.6. The predicted molar refractivity (Wildman–Crippen MR) is 103 cm³/mol. The zero-order valence-electron chi connectivity index (χ0n) is 14.7. The van der Waals surface area contributed by atoms with Gasteiger partial charge in [-0.2, -0.15) is 5.26 Å². The lowest BCUT2D eigenvalue weighted by molar-refractivity contribution is -0.112. The van der Waals surface area contributed by atoms with Crippen molar-refractivity contribution in [1.82, 2.24) is 0 Å². The van der Waals surface area contributed by atoms with Gasteiger partial charge in [0, 0.05) is 22.6 Å². The molecule has 0 saturated carbocycles. The molecule has 128 valence electrons. The molecule has 0 saturated heterocycles. The minimum Gasteiger partial charge on any atom is -0.360 e. The molecule has 0 aliphatic carbocycles. The number of benzene rings is 2. The average Bonchev–Trinajstić information content (AvgIpc) is 2.54. The van der Waals surface area contributed by atoms with E-state index in [4.69, 9.17) is 11.6 Å². The van der Waals surface area contributed by atoms with E-state index in [9.17, 15) is 10.1 Å². The molecule has 1 amide bonds. The van der Waals surface area contributed by atoms with Gasteiger partial charge in [0.1, 0.15) is 11.6 Å². The summed E-state index contributed by atoms with van der Waals surface area (Å²) in [6.45, 7) is 7.76. The van der Waals surface area contributed by atoms with Crippen LogP contribution in [0.5, 0.6) is 0 Å². The van der Waals surface area contributed by atoms with Crippen LogP contribution in [0.4, 0.5) is 11.4 Å². The van der Waals surface area contributed by atoms with Crippen molar-refractivity contribution >= 4 is 28.9 Å². The molecule has 2 aromatic rings. The molecule has 0 heterocycles. The summed E-state index contributed by atoms with van der Waals surface area (Å²) in [6.07, 6.45) is 1.38. The third-order valence-corrected chi connectivity index (χ3v) is 4.24. The highest BCUT2D eigenvalue weighted by atomic mass is 35.5. The maximum Gasteiger partial charge on any atom is 0.267 e. The van der Waals surface area contributed by atoms with Crippen molar-refractivity contribution in [3.05, 3.63) is 69.4 Å². The fourth-order valence-electron chi connectivity index (χ4n) is 2.54. The van der Waals surface area contributed by atoms with Crippen molar-refractivity contribution in [3.8, 4) is 6.07 Å². The number of aryl methyl sites for hydroxylation is 4. The molecule has 0 aliphatic rings. The Morgan fingerprint density at radius 3 is 2.28 bits per heavy atom. The molecule has 0 spiro atoms. The molecule has 25 heavy (non-hydrogen) atoms. The second-order valence-corrected chi connectivity index (χ2v) is 6.41. The lowest BCUT2D eigenvalue weighted by atomic mass is 10.0. The van der Waals surface area contributed by atoms with Crippen LogP contribution in [0.15, 0.2) is 42.1 Å². The highest BCUT2D eigenvalue weighted by Gasteiger charge is 2.12. The van der Waals surface area contributed by atoms with Crippen molar-refractivity contribution in [2.45, 2.75) is 27.7 Å². The molecule has 0 aliphatic heterocycles. The van der Waals surface area contributed by atoms with E-state index in [1.54, 1.807) is 6.07 Å². The number of rotatable bonds is 4. The van der Waals surface area contributed by atoms with Gasteiger partial charge in [0.2, 0.25) is 0 Å². The molecule has 0 radical (unpaired) electrons. The van der Waals surface area contributed by atoms with Crippen LogP contribution in [-0.2, 0) is 4.79 Å². The third-order valence-electron chi connectivity index (χ3n) is 3.84. The van der Waals surface area contributed by atoms with E-state index < -0.39 is 5.91 Å². The summed E-state index contributed by atoms with van der Waals surface area (Å²) in [5.74, 6) is -0.455. The standard InChI is InChI=1S/C20H20ClN3O/c1-12-7-14(3)19(15(4)8-12)24-20(25)16(10-22)11-23-17-6-5-13(2)18(21)9-17/h5-9,11,23H,1-4H3,(H,24,25)/b16-11-. The summed E-state index contributed by atoms with van der Waals surface area (Å²) in [5, 5.41) is 15.7. The van der Waals surface area contributed by atoms with Gasteiger partial charge >= 0.3 is 0 Å². The maximum absolute atomic E-state index is 12.4. The first-order valence-electron chi connectivity index (χ1n) is 7.84. The Balaban J connectivity index is 2.18. The van der Waals surface area contributed by atoms with Crippen molar-refractivity contribution in [2.24, 2.45) is 0 Å². The Hall–Kier alpha value is -2.77. The summed E-state index contributed by atoms with van der Waals surface area (Å²) >= 11 is 6.08. The minimum atomic E-state index is -0.455. The largest absolute Gasteiger partial charge is 0.360 e. The number of carbonyl (C=O) groups excluding carboxylic acids is 1. The van der Waals surface area contributed by atoms with E-state index in [0.29, 0.717) is 10.7 Å². The fourth-order valence-corrected chi connectivity index (χ4v) is 2.73. The van der Waals surface area contributed by atoms with Gasteiger partial charge in [-0.3, -0.25) is 4.79 Å². The van der Waals surface area contributed by atoms with Crippen LogP contribution in [0.25, 0.3) is 0 Å². The Bertz CT molecular complexity index is 871. The molecule has 2 rings (SSSR count). The van der Waals surface area contributed by atoms with Gasteiger partial charge in [-0.15, -0.1) is 0 Å². The second kappa shape index (κ2) is 7.87. The monoisotopic (exact) mass is 353 g/mol. The van der Waals surface area contributed by atoms with E-state index in [1.165, 1.54) is 6.20 Å². The average molecular weight is 354 g/mol. The van der Waals surface area contributed by atoms with Crippen LogP contribution in [0, 0.1) is 39.0 Å². The van der Waals surface area contributed by atoms with Crippen molar-refractivity contribution in [2.75, 3.05) is 10.6 Å². The molecule has 5 heteroatoms. The van der Waals surface area contributed by atoms with E-state index in [2.05, 4.69) is 10.6 Å². The molecule has 0 fully saturated rings. The van der Waals surface area contributed by atoms with Crippen molar-refractivity contribution in [3.63, 3.8) is 0 Å². The van der Waals surface area contributed by atoms with Gasteiger partial charge < -0.3 is 10.6 Å². The van der Waals surface area contributed by atoms with E-state index in [1.807, 2.05) is 58.0 Å². The van der Waals surface area contributed by atoms with Gasteiger partial charge in [-0.05, 0) is 56.5 Å². The van der Waals surface area contributed by atoms with Gasteiger partial charge in [0.15, 0.2) is 0 Å². The number of halogens is 1. The first-order chi connectivity index (χ1) is 11.8. The highest BCUT2D eigenvalue weighted by molar-refractivity contribution is 6.31. The Morgan fingerprint density at radius 2 is 1.72 bits per heavy atom. The van der Waals surface area contributed by atoms with Crippen LogP contribution in [0.1, 0.15) is 22.3 Å². The van der Waals surface area contributed by atoms with Gasteiger partial charge in [0.25, 0.3) is 5.91 Å². The first-order valence-corrected chi connectivity index (χ1v) is 8.21. The van der Waals surface area contributed by atoms with Gasteiger partial charge in [-0.1, -0.05) is 35.4 Å². The van der Waals surface area contributed by atoms with Crippen LogP contribution >= 0.6 is 11.6 Å². The zero-order valence-corrected chi connectivity index (χ0v) is 15.5. The Morgan fingerprint density at radius 1 is 1.08 bits per heavy atom. The third kappa shape index (κ3) is 4.62. The lowest BCUT2D eigenvalue weighted by Gasteiger charge is -2.12. The molecule has 2 N–H and O–H groups in total. The number of nitrogens with zero attached hydrogens (tertiary/aromatic N) is 1. The fraction of sp³-hybridized carbons (Fsp3) is 0.200. The summed E-state index contributed by atoms with van der Waals surface area (Å²) < 4.78 is 0. The van der Waals surface area contributed by atoms with Crippen LogP contribution < -0.4 is 10.6 Å². The second-order valence-electron chi connectivity index (χ2n) is 6.01. The number of nitriles is 1. The summed E-state index contributed by atoms with van der Waals surface area (Å²) in [6, 6.07) is 11.3. The number of hydrogen-bond donors (Lipinski definition) is 2. The molecule has 0 atom stereocenters. The molecule has 4 nitrogen and oxygen atoms in total. The number of anilines is 2. The lowest BCUT2D eigenvalue weighted by Crippen LogP contribution is -2.16. The summed E-state index contributed by atoms with van der Waals surface area (Å²) in [7, 11) is 0. The van der Waals surface area contributed by atoms with E-state index in [0.717, 1.165) is 27.9 Å². The molecular weight excluding hydrogens is 334 g/mol. The van der Waals surface area contributed by atoms with Gasteiger partial charge in [0.05, 0.1) is 0 Å². The van der Waals surface area contributed by atoms with E-state index >= 15 is 0 Å². The molecule has 0 bridgehead atoms. The van der Waals surface area contributed by atoms with Crippen LogP contribution in [0.3, 0.4) is 0 Å². The SMILES string of the molecule is Cc1cc(C)c(NC(=O)/C(C#N)=C\Nc2ccc(C)c(Cl)c2)c(C)c1. The van der Waals surface area contributed by atoms with Crippen LogP contribution in [-0.4, -0.2) is 5.91 Å². The Kier molecular flexibility index (Phi) is 5.84. The Labute approximate surface area is 153 Å². The summed E-state index contributed by atoms with van der Waals surface area (Å²) in [5.41, 5.74) is 5.43. The smallest absolute Gasteiger partial charge is 0.267 e. The number of carbonyl (C=O) groups is 1. The number of hydrogen-bond acceptors (Lipinski definition) is 3. The van der Waals surface area contributed by atoms with E-state index in [-0.39, 0.29) is 5.57 Å². The molecule has 0 aromatic heterocycles. The number of nitrogens with one attached hydrogen (secondary N) is 2. The molecule has 2 aromatic carbocycles. The predicted octanol–water partition coefficient (Wildman–Crippen LogP) is 5.03. The zero-order chi connectivity index (χ0) is 18.6. The van der Waals surface area contributed by atoms with Crippen molar-refractivity contribution in [1.29, 1.82) is 5.26 Å². The highest BCUT2D eigenvalue weighted by Crippen LogP contribution is 2.23. The quantitative estimate of drug-likeness (QED) is 0.598. The van der Waals surface area contributed by atoms with Crippen LogP contribution in [0.2, 0.25) is 5.02 Å². The topological polar surface area (TPSA) is 64.9 Å². The summed E-state index contributed by atoms with van der Waals surface area (Å²) in [4.78, 5) is 12.4. The normalized spacial score (nSPS) is 11.0. The minimum absolute atomic E-state index is 0.0175. The number of amides is 1. The molecular formula is C20H20ClN3O. The maximum atomic E-state index is 12.4. The molecule has 0 unspecified atom stereocenters.